The van der Waals surface area contributed by atoms with Crippen LogP contribution in [0, 0.1) is 11.8 Å². The molecule has 0 bridgehead atoms. The minimum Gasteiger partial charge on any atom is -0.166 e. The van der Waals surface area contributed by atoms with Crippen LogP contribution in [0.5, 0.6) is 0 Å². The standard InChI is InChI=1S/C19H25F3/c1-2-3-4-15-5-7-16(8-6-15)9-10-17-11-13-18(14-12-17)19(20,21)22/h2,11-16H,1,3-10H2. The van der Waals surface area contributed by atoms with Gasteiger partial charge in [-0.05, 0) is 55.2 Å². The van der Waals surface area contributed by atoms with Crippen LogP contribution in [0.15, 0.2) is 36.9 Å². The molecule has 1 aliphatic rings. The van der Waals surface area contributed by atoms with Crippen LogP contribution in [-0.4, -0.2) is 0 Å². The highest BCUT2D eigenvalue weighted by Crippen LogP contribution is 2.34. The van der Waals surface area contributed by atoms with E-state index in [1.54, 1.807) is 12.1 Å². The number of alkyl halides is 3. The second-order valence-electron chi connectivity index (χ2n) is 6.49. The Morgan fingerprint density at radius 3 is 2.00 bits per heavy atom. The number of benzene rings is 1. The molecular weight excluding hydrogens is 285 g/mol. The Labute approximate surface area is 131 Å². The number of hydrogen-bond donors (Lipinski definition) is 0. The highest BCUT2D eigenvalue weighted by molar-refractivity contribution is 5.24. The lowest BCUT2D eigenvalue weighted by Crippen LogP contribution is -2.15. The summed E-state index contributed by atoms with van der Waals surface area (Å²) in [5, 5.41) is 0. The van der Waals surface area contributed by atoms with Crippen molar-refractivity contribution in [2.75, 3.05) is 0 Å². The molecule has 1 fully saturated rings. The van der Waals surface area contributed by atoms with Gasteiger partial charge in [0.05, 0.1) is 5.56 Å². The van der Waals surface area contributed by atoms with Gasteiger partial charge in [-0.3, -0.25) is 0 Å². The van der Waals surface area contributed by atoms with E-state index in [9.17, 15) is 13.2 Å². The average Bonchev–Trinajstić information content (AvgIpc) is 2.51. The van der Waals surface area contributed by atoms with Gasteiger partial charge in [0.1, 0.15) is 0 Å². The van der Waals surface area contributed by atoms with E-state index in [0.29, 0.717) is 0 Å². The SMILES string of the molecule is C=CCCC1CCC(CCc2ccc(C(F)(F)F)cc2)CC1. The van der Waals surface area contributed by atoms with E-state index >= 15 is 0 Å². The maximum Gasteiger partial charge on any atom is 0.416 e. The average molecular weight is 310 g/mol. The molecule has 0 saturated heterocycles. The summed E-state index contributed by atoms with van der Waals surface area (Å²) in [7, 11) is 0. The Hall–Kier alpha value is -1.25. The number of rotatable bonds is 6. The first-order valence-electron chi connectivity index (χ1n) is 8.26. The molecule has 0 spiro atoms. The van der Waals surface area contributed by atoms with Gasteiger partial charge in [0.2, 0.25) is 0 Å². The monoisotopic (exact) mass is 310 g/mol. The van der Waals surface area contributed by atoms with Gasteiger partial charge in [0.25, 0.3) is 0 Å². The molecule has 0 heterocycles. The number of hydrogen-bond acceptors (Lipinski definition) is 0. The van der Waals surface area contributed by atoms with Crippen LogP contribution in [0.4, 0.5) is 13.2 Å². The molecule has 0 atom stereocenters. The van der Waals surface area contributed by atoms with E-state index in [1.165, 1.54) is 44.2 Å². The molecule has 0 aromatic heterocycles. The summed E-state index contributed by atoms with van der Waals surface area (Å²) >= 11 is 0. The summed E-state index contributed by atoms with van der Waals surface area (Å²) in [6, 6.07) is 5.64. The summed E-state index contributed by atoms with van der Waals surface area (Å²) in [5.41, 5.74) is 0.459. The van der Waals surface area contributed by atoms with Crippen LogP contribution in [0.3, 0.4) is 0 Å². The molecule has 3 heteroatoms. The Morgan fingerprint density at radius 1 is 0.955 bits per heavy atom. The molecule has 1 saturated carbocycles. The van der Waals surface area contributed by atoms with Crippen molar-refractivity contribution in [1.82, 2.24) is 0 Å². The highest BCUT2D eigenvalue weighted by atomic mass is 19.4. The zero-order valence-electron chi connectivity index (χ0n) is 13.0. The van der Waals surface area contributed by atoms with Crippen molar-refractivity contribution in [1.29, 1.82) is 0 Å². The van der Waals surface area contributed by atoms with Crippen LogP contribution in [0.1, 0.15) is 56.1 Å². The zero-order valence-corrected chi connectivity index (χ0v) is 13.0. The van der Waals surface area contributed by atoms with Gasteiger partial charge >= 0.3 is 6.18 Å². The first-order valence-corrected chi connectivity index (χ1v) is 8.26. The fraction of sp³-hybridized carbons (Fsp3) is 0.579. The summed E-state index contributed by atoms with van der Waals surface area (Å²) in [5.74, 6) is 1.59. The van der Waals surface area contributed by atoms with Crippen molar-refractivity contribution in [3.63, 3.8) is 0 Å². The van der Waals surface area contributed by atoms with Crippen LogP contribution in [0.2, 0.25) is 0 Å². The van der Waals surface area contributed by atoms with E-state index in [2.05, 4.69) is 6.58 Å². The van der Waals surface area contributed by atoms with Crippen LogP contribution < -0.4 is 0 Å². The molecular formula is C19H25F3. The fourth-order valence-electron chi connectivity index (χ4n) is 3.39. The summed E-state index contributed by atoms with van der Waals surface area (Å²) in [4.78, 5) is 0. The largest absolute Gasteiger partial charge is 0.416 e. The third kappa shape index (κ3) is 5.19. The predicted octanol–water partition coefficient (Wildman–Crippen LogP) is 6.41. The quantitative estimate of drug-likeness (QED) is 0.532. The van der Waals surface area contributed by atoms with Gasteiger partial charge in [-0.25, -0.2) is 0 Å². The Morgan fingerprint density at radius 2 is 1.50 bits per heavy atom. The lowest BCUT2D eigenvalue weighted by molar-refractivity contribution is -0.137. The van der Waals surface area contributed by atoms with Crippen molar-refractivity contribution in [2.24, 2.45) is 11.8 Å². The van der Waals surface area contributed by atoms with Crippen LogP contribution >= 0.6 is 0 Å². The van der Waals surface area contributed by atoms with Gasteiger partial charge in [-0.1, -0.05) is 43.9 Å². The molecule has 1 aromatic carbocycles. The molecule has 0 N–H and O–H groups in total. The van der Waals surface area contributed by atoms with Crippen molar-refractivity contribution in [3.05, 3.63) is 48.0 Å². The first kappa shape index (κ1) is 17.1. The normalized spacial score (nSPS) is 22.5. The zero-order chi connectivity index (χ0) is 16.0. The minimum atomic E-state index is -4.23. The second-order valence-corrected chi connectivity index (χ2v) is 6.49. The molecule has 22 heavy (non-hydrogen) atoms. The summed E-state index contributed by atoms with van der Waals surface area (Å²) in [6.07, 6.45) is 7.25. The van der Waals surface area contributed by atoms with E-state index in [4.69, 9.17) is 0 Å². The highest BCUT2D eigenvalue weighted by Gasteiger charge is 2.30. The first-order chi connectivity index (χ1) is 10.5. The van der Waals surface area contributed by atoms with Gasteiger partial charge in [0.15, 0.2) is 0 Å². The van der Waals surface area contributed by atoms with Gasteiger partial charge < -0.3 is 0 Å². The van der Waals surface area contributed by atoms with Crippen molar-refractivity contribution in [2.45, 2.75) is 57.5 Å². The number of halogens is 3. The second kappa shape index (κ2) is 7.85. The number of aryl methyl sites for hydroxylation is 1. The molecule has 0 nitrogen and oxygen atoms in total. The Bertz CT molecular complexity index is 451. The molecule has 2 rings (SSSR count). The lowest BCUT2D eigenvalue weighted by atomic mass is 9.78. The van der Waals surface area contributed by atoms with E-state index < -0.39 is 11.7 Å². The maximum absolute atomic E-state index is 12.5. The van der Waals surface area contributed by atoms with Crippen molar-refractivity contribution in [3.8, 4) is 0 Å². The third-order valence-electron chi connectivity index (χ3n) is 4.87. The van der Waals surface area contributed by atoms with E-state index in [-0.39, 0.29) is 0 Å². The molecule has 0 radical (unpaired) electrons. The summed E-state index contributed by atoms with van der Waals surface area (Å²) in [6.45, 7) is 3.77. The Balaban J connectivity index is 1.74. The molecule has 122 valence electrons. The summed E-state index contributed by atoms with van der Waals surface area (Å²) < 4.78 is 37.5. The minimum absolute atomic E-state index is 0.557. The number of allylic oxidation sites excluding steroid dienone is 1. The van der Waals surface area contributed by atoms with Gasteiger partial charge in [-0.2, -0.15) is 13.2 Å². The smallest absolute Gasteiger partial charge is 0.166 e. The van der Waals surface area contributed by atoms with E-state index in [1.807, 2.05) is 6.08 Å². The Kier molecular flexibility index (Phi) is 6.10. The fourth-order valence-corrected chi connectivity index (χ4v) is 3.39. The maximum atomic E-state index is 12.5. The topological polar surface area (TPSA) is 0 Å². The van der Waals surface area contributed by atoms with E-state index in [0.717, 1.165) is 36.7 Å². The van der Waals surface area contributed by atoms with Crippen molar-refractivity contribution >= 4 is 0 Å². The molecule has 1 aliphatic carbocycles. The molecule has 0 amide bonds. The van der Waals surface area contributed by atoms with Crippen LogP contribution in [0.25, 0.3) is 0 Å². The van der Waals surface area contributed by atoms with Crippen molar-refractivity contribution < 1.29 is 13.2 Å². The predicted molar refractivity (Wildman–Crippen MR) is 84.6 cm³/mol. The molecule has 1 aromatic rings. The molecule has 0 aliphatic heterocycles. The third-order valence-corrected chi connectivity index (χ3v) is 4.87. The lowest BCUT2D eigenvalue weighted by Gasteiger charge is -2.28. The van der Waals surface area contributed by atoms with Gasteiger partial charge in [-0.15, -0.1) is 6.58 Å². The van der Waals surface area contributed by atoms with Gasteiger partial charge in [0, 0.05) is 0 Å². The van der Waals surface area contributed by atoms with Crippen LogP contribution in [-0.2, 0) is 12.6 Å². The molecule has 0 unspecified atom stereocenters.